The van der Waals surface area contributed by atoms with Crippen molar-refractivity contribution in [2.24, 2.45) is 0 Å². The number of halogens is 2. The molecule has 0 saturated carbocycles. The van der Waals surface area contributed by atoms with Crippen LogP contribution in [0.1, 0.15) is 5.56 Å². The largest absolute Gasteiger partial charge is 0.327 e. The molecule has 2 aromatic carbocycles. The Kier molecular flexibility index (Phi) is 3.88. The van der Waals surface area contributed by atoms with E-state index < -0.39 is 0 Å². The zero-order chi connectivity index (χ0) is 14.8. The fraction of sp³-hybridized carbons (Fsp3) is 0.118. The number of nitrogens with zero attached hydrogens (tertiary/aromatic N) is 2. The van der Waals surface area contributed by atoms with Crippen molar-refractivity contribution in [3.63, 3.8) is 0 Å². The first-order valence-corrected chi connectivity index (χ1v) is 7.75. The summed E-state index contributed by atoms with van der Waals surface area (Å²) in [5, 5.41) is 1.75. The molecule has 0 aliphatic carbocycles. The second kappa shape index (κ2) is 5.82. The van der Waals surface area contributed by atoms with Crippen LogP contribution in [0.5, 0.6) is 0 Å². The van der Waals surface area contributed by atoms with E-state index in [1.807, 2.05) is 37.4 Å². The summed E-state index contributed by atoms with van der Waals surface area (Å²) in [5.74, 6) is 0.506. The lowest BCUT2D eigenvalue weighted by molar-refractivity contribution is 0.627. The van der Waals surface area contributed by atoms with Crippen molar-refractivity contribution in [2.45, 2.75) is 5.33 Å². The van der Waals surface area contributed by atoms with Crippen LogP contribution in [0.4, 0.5) is 15.9 Å². The molecular formula is C17H14BrFN2. The fourth-order valence-corrected chi connectivity index (χ4v) is 2.79. The molecule has 2 nitrogen and oxygen atoms in total. The van der Waals surface area contributed by atoms with E-state index in [4.69, 9.17) is 4.98 Å². The van der Waals surface area contributed by atoms with Crippen LogP contribution in [0.25, 0.3) is 10.9 Å². The van der Waals surface area contributed by atoms with Gasteiger partial charge in [-0.2, -0.15) is 0 Å². The van der Waals surface area contributed by atoms with Crippen molar-refractivity contribution in [3.8, 4) is 0 Å². The topological polar surface area (TPSA) is 16.1 Å². The molecule has 0 fully saturated rings. The van der Waals surface area contributed by atoms with E-state index in [9.17, 15) is 4.39 Å². The van der Waals surface area contributed by atoms with Crippen LogP contribution in [0, 0.1) is 5.82 Å². The average Bonchev–Trinajstić information content (AvgIpc) is 2.53. The van der Waals surface area contributed by atoms with Crippen LogP contribution >= 0.6 is 15.9 Å². The monoisotopic (exact) mass is 344 g/mol. The lowest BCUT2D eigenvalue weighted by atomic mass is 10.1. The molecule has 3 aromatic rings. The number of rotatable bonds is 3. The molecule has 3 rings (SSSR count). The van der Waals surface area contributed by atoms with Crippen molar-refractivity contribution in [1.82, 2.24) is 4.98 Å². The second-order valence-electron chi connectivity index (χ2n) is 4.81. The lowest BCUT2D eigenvalue weighted by Crippen LogP contribution is -2.14. The number of fused-ring (bicyclic) bond motifs is 1. The standard InChI is InChI=1S/C17H14BrFN2/c1-21(16-9-5-3-7-14(16)19)17-13(11-18)10-12-6-2-4-8-15(12)20-17/h2-10H,11H2,1H3. The molecule has 0 spiro atoms. The summed E-state index contributed by atoms with van der Waals surface area (Å²) < 4.78 is 14.0. The third kappa shape index (κ3) is 2.63. The maximum absolute atomic E-state index is 14.0. The van der Waals surface area contributed by atoms with Crippen LogP contribution in [0.2, 0.25) is 0 Å². The van der Waals surface area contributed by atoms with Gasteiger partial charge in [0.15, 0.2) is 0 Å². The summed E-state index contributed by atoms with van der Waals surface area (Å²) in [7, 11) is 1.84. The molecule has 106 valence electrons. The molecule has 0 radical (unpaired) electrons. The van der Waals surface area contributed by atoms with Crippen molar-refractivity contribution in [2.75, 3.05) is 11.9 Å². The smallest absolute Gasteiger partial charge is 0.146 e. The molecule has 0 amide bonds. The van der Waals surface area contributed by atoms with Gasteiger partial charge in [-0.25, -0.2) is 9.37 Å². The molecule has 1 aromatic heterocycles. The molecule has 0 unspecified atom stereocenters. The van der Waals surface area contributed by atoms with Gasteiger partial charge in [-0.1, -0.05) is 46.3 Å². The third-order valence-electron chi connectivity index (χ3n) is 3.46. The fourth-order valence-electron chi connectivity index (χ4n) is 2.38. The van der Waals surface area contributed by atoms with E-state index in [0.717, 1.165) is 22.3 Å². The Bertz CT molecular complexity index is 789. The van der Waals surface area contributed by atoms with Crippen LogP contribution in [0.3, 0.4) is 0 Å². The lowest BCUT2D eigenvalue weighted by Gasteiger charge is -2.22. The van der Waals surface area contributed by atoms with Gasteiger partial charge in [-0.05, 0) is 24.3 Å². The minimum Gasteiger partial charge on any atom is -0.327 e. The van der Waals surface area contributed by atoms with Gasteiger partial charge in [-0.3, -0.25) is 0 Å². The Morgan fingerprint density at radius 1 is 1.10 bits per heavy atom. The highest BCUT2D eigenvalue weighted by molar-refractivity contribution is 9.08. The Morgan fingerprint density at radius 3 is 2.57 bits per heavy atom. The van der Waals surface area contributed by atoms with E-state index >= 15 is 0 Å². The second-order valence-corrected chi connectivity index (χ2v) is 5.37. The van der Waals surface area contributed by atoms with E-state index in [0.29, 0.717) is 11.0 Å². The van der Waals surface area contributed by atoms with Gasteiger partial charge in [0.1, 0.15) is 11.6 Å². The number of anilines is 2. The van der Waals surface area contributed by atoms with Gasteiger partial charge in [0.25, 0.3) is 0 Å². The molecule has 0 aliphatic heterocycles. The van der Waals surface area contributed by atoms with Crippen molar-refractivity contribution in [1.29, 1.82) is 0 Å². The SMILES string of the molecule is CN(c1ccccc1F)c1nc2ccccc2cc1CBr. The zero-order valence-corrected chi connectivity index (χ0v) is 13.1. The summed E-state index contributed by atoms with van der Waals surface area (Å²) in [4.78, 5) is 6.48. The van der Waals surface area contributed by atoms with Crippen molar-refractivity contribution >= 4 is 38.3 Å². The Morgan fingerprint density at radius 2 is 1.81 bits per heavy atom. The number of alkyl halides is 1. The van der Waals surface area contributed by atoms with Crippen molar-refractivity contribution < 1.29 is 4.39 Å². The molecule has 0 atom stereocenters. The third-order valence-corrected chi connectivity index (χ3v) is 4.06. The first-order valence-electron chi connectivity index (χ1n) is 6.63. The van der Waals surface area contributed by atoms with Gasteiger partial charge in [0, 0.05) is 23.3 Å². The minimum absolute atomic E-state index is 0.254. The number of para-hydroxylation sites is 2. The van der Waals surface area contributed by atoms with E-state index in [-0.39, 0.29) is 5.82 Å². The normalized spacial score (nSPS) is 10.8. The molecule has 0 bridgehead atoms. The summed E-state index contributed by atoms with van der Waals surface area (Å²) in [6.07, 6.45) is 0. The van der Waals surface area contributed by atoms with Crippen LogP contribution in [0.15, 0.2) is 54.6 Å². The Balaban J connectivity index is 2.16. The maximum atomic E-state index is 14.0. The Hall–Kier alpha value is -1.94. The summed E-state index contributed by atoms with van der Waals surface area (Å²) in [6.45, 7) is 0. The summed E-state index contributed by atoms with van der Waals surface area (Å²) in [5.41, 5.74) is 2.45. The molecule has 0 N–H and O–H groups in total. The molecule has 0 aliphatic rings. The van der Waals surface area contributed by atoms with E-state index in [1.54, 1.807) is 17.0 Å². The van der Waals surface area contributed by atoms with Gasteiger partial charge in [0.05, 0.1) is 11.2 Å². The summed E-state index contributed by atoms with van der Waals surface area (Å²) in [6, 6.07) is 16.7. The predicted molar refractivity (Wildman–Crippen MR) is 88.8 cm³/mol. The Labute approximate surface area is 131 Å². The number of aromatic nitrogens is 1. The van der Waals surface area contributed by atoms with E-state index in [1.165, 1.54) is 6.07 Å². The van der Waals surface area contributed by atoms with Crippen LogP contribution in [-0.4, -0.2) is 12.0 Å². The van der Waals surface area contributed by atoms with Gasteiger partial charge < -0.3 is 4.90 Å². The first kappa shape index (κ1) is 14.0. The number of hydrogen-bond acceptors (Lipinski definition) is 2. The highest BCUT2D eigenvalue weighted by Gasteiger charge is 2.14. The highest BCUT2D eigenvalue weighted by atomic mass is 79.9. The van der Waals surface area contributed by atoms with Crippen LogP contribution < -0.4 is 4.90 Å². The molecule has 0 saturated heterocycles. The van der Waals surface area contributed by atoms with Crippen LogP contribution in [-0.2, 0) is 5.33 Å². The number of hydrogen-bond donors (Lipinski definition) is 0. The van der Waals surface area contributed by atoms with Crippen molar-refractivity contribution in [3.05, 3.63) is 66.0 Å². The molecular weight excluding hydrogens is 331 g/mol. The van der Waals surface area contributed by atoms with Gasteiger partial charge >= 0.3 is 0 Å². The minimum atomic E-state index is -0.254. The quantitative estimate of drug-likeness (QED) is 0.619. The number of pyridine rings is 1. The zero-order valence-electron chi connectivity index (χ0n) is 11.6. The molecule has 1 heterocycles. The highest BCUT2D eigenvalue weighted by Crippen LogP contribution is 2.30. The first-order chi connectivity index (χ1) is 10.2. The predicted octanol–water partition coefficient (Wildman–Crippen LogP) is 5.04. The number of benzene rings is 2. The molecule has 4 heteroatoms. The van der Waals surface area contributed by atoms with E-state index in [2.05, 4.69) is 22.0 Å². The van der Waals surface area contributed by atoms with Gasteiger partial charge in [-0.15, -0.1) is 0 Å². The molecule has 21 heavy (non-hydrogen) atoms. The summed E-state index contributed by atoms with van der Waals surface area (Å²) >= 11 is 3.49. The van der Waals surface area contributed by atoms with Gasteiger partial charge in [0.2, 0.25) is 0 Å². The maximum Gasteiger partial charge on any atom is 0.146 e. The average molecular weight is 345 g/mol.